The van der Waals surface area contributed by atoms with Crippen molar-refractivity contribution in [1.29, 1.82) is 5.26 Å². The van der Waals surface area contributed by atoms with Crippen molar-refractivity contribution in [2.75, 3.05) is 6.61 Å². The molecule has 0 aliphatic rings. The molecule has 1 aromatic heterocycles. The first kappa shape index (κ1) is 16.3. The zero-order valence-corrected chi connectivity index (χ0v) is 12.3. The minimum Gasteiger partial charge on any atom is -0.488 e. The van der Waals surface area contributed by atoms with Gasteiger partial charge in [-0.1, -0.05) is 32.6 Å². The van der Waals surface area contributed by atoms with Crippen LogP contribution in [-0.2, 0) is 6.54 Å². The van der Waals surface area contributed by atoms with Crippen LogP contribution in [-0.4, -0.2) is 11.2 Å². The fraction of sp³-hybridized carbons (Fsp3) is 0.625. The smallest absolute Gasteiger partial charge is 0.292 e. The molecule has 1 rings (SSSR count). The summed E-state index contributed by atoms with van der Waals surface area (Å²) < 4.78 is 7.18. The molecule has 0 bridgehead atoms. The molecule has 0 fully saturated rings. The van der Waals surface area contributed by atoms with Gasteiger partial charge in [0.2, 0.25) is 0 Å². The van der Waals surface area contributed by atoms with E-state index in [-0.39, 0.29) is 5.56 Å². The highest BCUT2D eigenvalue weighted by molar-refractivity contribution is 5.17. The summed E-state index contributed by atoms with van der Waals surface area (Å²) in [4.78, 5) is 12.1. The molecule has 0 saturated carbocycles. The number of nitrogens with zero attached hydrogens (tertiary/aromatic N) is 2. The summed E-state index contributed by atoms with van der Waals surface area (Å²) in [5.41, 5.74) is -0.0982. The Labute approximate surface area is 121 Å². The maximum Gasteiger partial charge on any atom is 0.292 e. The fourth-order valence-electron chi connectivity index (χ4n) is 2.02. The topological polar surface area (TPSA) is 55.0 Å². The van der Waals surface area contributed by atoms with Gasteiger partial charge in [0.05, 0.1) is 12.7 Å². The largest absolute Gasteiger partial charge is 0.488 e. The number of hydrogen-bond acceptors (Lipinski definition) is 3. The van der Waals surface area contributed by atoms with Gasteiger partial charge in [-0.3, -0.25) is 4.79 Å². The predicted octanol–water partition coefficient (Wildman–Crippen LogP) is 3.50. The molecule has 1 heterocycles. The van der Waals surface area contributed by atoms with Gasteiger partial charge in [0.25, 0.3) is 5.56 Å². The summed E-state index contributed by atoms with van der Waals surface area (Å²) in [6.07, 6.45) is 8.76. The number of unbranched alkanes of at least 4 members (excludes halogenated alkanes) is 5. The number of aryl methyl sites for hydroxylation is 1. The Balaban J connectivity index is 2.40. The van der Waals surface area contributed by atoms with Crippen molar-refractivity contribution in [2.45, 2.75) is 58.4 Å². The van der Waals surface area contributed by atoms with E-state index in [1.807, 2.05) is 6.07 Å². The third-order valence-corrected chi connectivity index (χ3v) is 3.18. The lowest BCUT2D eigenvalue weighted by Gasteiger charge is -2.08. The van der Waals surface area contributed by atoms with Crippen molar-refractivity contribution in [3.8, 4) is 11.8 Å². The Morgan fingerprint density at radius 1 is 1.25 bits per heavy atom. The monoisotopic (exact) mass is 276 g/mol. The van der Waals surface area contributed by atoms with Gasteiger partial charge in [-0.05, 0) is 25.0 Å². The molecule has 110 valence electrons. The number of pyridine rings is 1. The normalized spacial score (nSPS) is 10.2. The first-order valence-corrected chi connectivity index (χ1v) is 7.48. The van der Waals surface area contributed by atoms with E-state index in [2.05, 4.69) is 13.0 Å². The Hall–Kier alpha value is -1.76. The van der Waals surface area contributed by atoms with E-state index < -0.39 is 0 Å². The van der Waals surface area contributed by atoms with Crippen molar-refractivity contribution in [2.24, 2.45) is 0 Å². The molecule has 1 aromatic rings. The second kappa shape index (κ2) is 10.1. The van der Waals surface area contributed by atoms with E-state index in [1.165, 1.54) is 19.3 Å². The molecule has 0 N–H and O–H groups in total. The Morgan fingerprint density at radius 2 is 2.05 bits per heavy atom. The van der Waals surface area contributed by atoms with Crippen molar-refractivity contribution < 1.29 is 4.74 Å². The number of aromatic nitrogens is 1. The summed E-state index contributed by atoms with van der Waals surface area (Å²) in [7, 11) is 0. The minimum atomic E-state index is -0.0982. The van der Waals surface area contributed by atoms with Crippen LogP contribution in [0.3, 0.4) is 0 Å². The highest BCUT2D eigenvalue weighted by Gasteiger charge is 2.03. The predicted molar refractivity (Wildman–Crippen MR) is 79.8 cm³/mol. The van der Waals surface area contributed by atoms with Crippen LogP contribution in [0.4, 0.5) is 0 Å². The van der Waals surface area contributed by atoms with Crippen LogP contribution in [0.5, 0.6) is 5.75 Å². The molecular weight excluding hydrogens is 252 g/mol. The molecule has 0 amide bonds. The lowest BCUT2D eigenvalue weighted by atomic mass is 10.2. The molecule has 0 aliphatic heterocycles. The molecular formula is C16H24N2O2. The average Bonchev–Trinajstić information content (AvgIpc) is 2.46. The maximum atomic E-state index is 12.1. The van der Waals surface area contributed by atoms with Gasteiger partial charge in [-0.15, -0.1) is 0 Å². The van der Waals surface area contributed by atoms with Gasteiger partial charge in [0, 0.05) is 19.2 Å². The molecule has 0 radical (unpaired) electrons. The van der Waals surface area contributed by atoms with Gasteiger partial charge in [-0.25, -0.2) is 0 Å². The summed E-state index contributed by atoms with van der Waals surface area (Å²) >= 11 is 0. The Kier molecular flexibility index (Phi) is 8.21. The van der Waals surface area contributed by atoms with Crippen molar-refractivity contribution >= 4 is 0 Å². The molecule has 0 saturated heterocycles. The average molecular weight is 276 g/mol. The molecule has 0 unspecified atom stereocenters. The van der Waals surface area contributed by atoms with Crippen LogP contribution in [0.1, 0.15) is 51.9 Å². The molecule has 0 aliphatic carbocycles. The summed E-state index contributed by atoms with van der Waals surface area (Å²) in [6.45, 7) is 3.36. The number of nitriles is 1. The van der Waals surface area contributed by atoms with E-state index >= 15 is 0 Å². The second-order valence-electron chi connectivity index (χ2n) is 4.90. The van der Waals surface area contributed by atoms with Crippen LogP contribution < -0.4 is 10.3 Å². The minimum absolute atomic E-state index is 0.0982. The van der Waals surface area contributed by atoms with Gasteiger partial charge in [0.1, 0.15) is 0 Å². The van der Waals surface area contributed by atoms with Crippen LogP contribution in [0.25, 0.3) is 0 Å². The highest BCUT2D eigenvalue weighted by atomic mass is 16.5. The van der Waals surface area contributed by atoms with Gasteiger partial charge >= 0.3 is 0 Å². The Morgan fingerprint density at radius 3 is 2.80 bits per heavy atom. The second-order valence-corrected chi connectivity index (χ2v) is 4.90. The van der Waals surface area contributed by atoms with Crippen molar-refractivity contribution in [1.82, 2.24) is 4.57 Å². The van der Waals surface area contributed by atoms with E-state index in [9.17, 15) is 4.79 Å². The molecule has 0 spiro atoms. The van der Waals surface area contributed by atoms with Gasteiger partial charge in [-0.2, -0.15) is 5.26 Å². The lowest BCUT2D eigenvalue weighted by molar-refractivity contribution is 0.298. The third kappa shape index (κ3) is 5.92. The zero-order chi connectivity index (χ0) is 14.6. The lowest BCUT2D eigenvalue weighted by Crippen LogP contribution is -2.21. The zero-order valence-electron chi connectivity index (χ0n) is 12.3. The van der Waals surface area contributed by atoms with E-state index in [0.29, 0.717) is 31.7 Å². The molecule has 4 heteroatoms. The number of rotatable bonds is 10. The highest BCUT2D eigenvalue weighted by Crippen LogP contribution is 2.06. The van der Waals surface area contributed by atoms with Gasteiger partial charge < -0.3 is 9.30 Å². The van der Waals surface area contributed by atoms with Crippen molar-refractivity contribution in [3.05, 3.63) is 28.7 Å². The maximum absolute atomic E-state index is 12.1. The molecule has 4 nitrogen and oxygen atoms in total. The van der Waals surface area contributed by atoms with Gasteiger partial charge in [0.15, 0.2) is 5.75 Å². The number of hydrogen-bond donors (Lipinski definition) is 0. The summed E-state index contributed by atoms with van der Waals surface area (Å²) in [6, 6.07) is 5.62. The molecule has 0 atom stereocenters. The van der Waals surface area contributed by atoms with E-state index in [4.69, 9.17) is 10.00 Å². The van der Waals surface area contributed by atoms with Crippen molar-refractivity contribution in [3.63, 3.8) is 0 Å². The summed E-state index contributed by atoms with van der Waals surface area (Å²) in [5, 5.41) is 8.51. The third-order valence-electron chi connectivity index (χ3n) is 3.18. The quantitative estimate of drug-likeness (QED) is 0.614. The standard InChI is InChI=1S/C16H24N2O2/c1-2-3-4-5-8-14-20-15-10-9-13-18(16(15)19)12-7-6-11-17/h9-10,13H,2-8,12,14H2,1H3. The van der Waals surface area contributed by atoms with E-state index in [0.717, 1.165) is 12.8 Å². The Bertz CT molecular complexity index is 474. The molecule has 20 heavy (non-hydrogen) atoms. The molecule has 0 aromatic carbocycles. The fourth-order valence-corrected chi connectivity index (χ4v) is 2.02. The van der Waals surface area contributed by atoms with E-state index in [1.54, 1.807) is 16.8 Å². The summed E-state index contributed by atoms with van der Waals surface area (Å²) in [5.74, 6) is 0.417. The van der Waals surface area contributed by atoms with Crippen LogP contribution >= 0.6 is 0 Å². The van der Waals surface area contributed by atoms with Crippen LogP contribution in [0.15, 0.2) is 23.1 Å². The van der Waals surface area contributed by atoms with Crippen LogP contribution in [0.2, 0.25) is 0 Å². The number of ether oxygens (including phenoxy) is 1. The first-order chi connectivity index (χ1) is 9.79. The first-order valence-electron chi connectivity index (χ1n) is 7.48. The van der Waals surface area contributed by atoms with Crippen LogP contribution in [0, 0.1) is 11.3 Å². The SMILES string of the molecule is CCCCCCCOc1cccn(CCCC#N)c1=O.